The van der Waals surface area contributed by atoms with Gasteiger partial charge < -0.3 is 10.3 Å². The number of nitrogens with two attached hydrogens (primary N) is 1. The van der Waals surface area contributed by atoms with E-state index in [4.69, 9.17) is 17.3 Å². The van der Waals surface area contributed by atoms with Gasteiger partial charge in [-0.2, -0.15) is 13.2 Å². The zero-order valence-corrected chi connectivity index (χ0v) is 15.6. The Bertz CT molecular complexity index is 1160. The summed E-state index contributed by atoms with van der Waals surface area (Å²) < 4.78 is 64.9. The number of nitrogens with zero attached hydrogens (tertiary/aromatic N) is 4. The predicted molar refractivity (Wildman–Crippen MR) is 93.9 cm³/mol. The lowest BCUT2D eigenvalue weighted by Crippen LogP contribution is -2.10. The number of hydrogen-bond donors (Lipinski definition) is 1. The van der Waals surface area contributed by atoms with Crippen LogP contribution < -0.4 is 5.73 Å². The van der Waals surface area contributed by atoms with E-state index in [1.165, 1.54) is 18.5 Å². The molecule has 3 rings (SSSR count). The average Bonchev–Trinajstić information content (AvgIpc) is 2.92. The van der Waals surface area contributed by atoms with Gasteiger partial charge in [-0.05, 0) is 12.1 Å². The van der Waals surface area contributed by atoms with Crippen LogP contribution in [-0.2, 0) is 23.1 Å². The predicted octanol–water partition coefficient (Wildman–Crippen LogP) is 3.08. The van der Waals surface area contributed by atoms with Crippen molar-refractivity contribution < 1.29 is 21.6 Å². The molecule has 0 unspecified atom stereocenters. The maximum Gasteiger partial charge on any atom is 0.417 e. The number of sulfone groups is 1. The standard InChI is InChI=1S/C15H13ClF3N5O2S/c1-3-27(25,26)10-5-8(16)12(20)23-11(10)14-22-9-4-7(15(17,18)19)6-21-13(9)24(14)2/h4-6H,3H2,1-2H3,(H2,20,23). The van der Waals surface area contributed by atoms with Crippen LogP contribution in [0.3, 0.4) is 0 Å². The highest BCUT2D eigenvalue weighted by Gasteiger charge is 2.32. The van der Waals surface area contributed by atoms with Crippen LogP contribution in [0.1, 0.15) is 12.5 Å². The average molecular weight is 420 g/mol. The van der Waals surface area contributed by atoms with Crippen molar-refractivity contribution in [3.05, 3.63) is 28.9 Å². The minimum atomic E-state index is -4.58. The number of halogens is 4. The fourth-order valence-electron chi connectivity index (χ4n) is 2.48. The summed E-state index contributed by atoms with van der Waals surface area (Å²) >= 11 is 5.91. The van der Waals surface area contributed by atoms with Gasteiger partial charge in [0.2, 0.25) is 0 Å². The first-order valence-electron chi connectivity index (χ1n) is 7.54. The molecule has 0 aliphatic rings. The summed E-state index contributed by atoms with van der Waals surface area (Å²) in [7, 11) is -2.27. The quantitative estimate of drug-likeness (QED) is 0.699. The topological polar surface area (TPSA) is 104 Å². The number of hydrogen-bond acceptors (Lipinski definition) is 6. The van der Waals surface area contributed by atoms with E-state index in [9.17, 15) is 21.6 Å². The lowest BCUT2D eigenvalue weighted by Gasteiger charge is -2.10. The Kier molecular flexibility index (Phi) is 4.55. The highest BCUT2D eigenvalue weighted by molar-refractivity contribution is 7.91. The second-order valence-electron chi connectivity index (χ2n) is 5.66. The molecule has 3 aromatic heterocycles. The van der Waals surface area contributed by atoms with Crippen LogP contribution in [0.5, 0.6) is 0 Å². The minimum absolute atomic E-state index is 0.00668. The molecule has 3 heterocycles. The van der Waals surface area contributed by atoms with Crippen LogP contribution in [0.15, 0.2) is 23.2 Å². The van der Waals surface area contributed by atoms with Crippen LogP contribution in [0, 0.1) is 0 Å². The van der Waals surface area contributed by atoms with Crippen molar-refractivity contribution in [1.29, 1.82) is 0 Å². The zero-order valence-electron chi connectivity index (χ0n) is 14.0. The van der Waals surface area contributed by atoms with Crippen LogP contribution in [0.25, 0.3) is 22.7 Å². The Morgan fingerprint density at radius 3 is 2.52 bits per heavy atom. The van der Waals surface area contributed by atoms with Crippen molar-refractivity contribution in [1.82, 2.24) is 19.5 Å². The molecule has 0 aliphatic heterocycles. The number of aryl methyl sites for hydroxylation is 1. The number of fused-ring (bicyclic) bond motifs is 1. The summed E-state index contributed by atoms with van der Waals surface area (Å²) in [5, 5.41) is -0.0537. The van der Waals surface area contributed by atoms with E-state index in [2.05, 4.69) is 15.0 Å². The molecule has 2 N–H and O–H groups in total. The number of rotatable bonds is 3. The van der Waals surface area contributed by atoms with Crippen molar-refractivity contribution in [2.45, 2.75) is 18.0 Å². The Balaban J connectivity index is 2.33. The first-order valence-corrected chi connectivity index (χ1v) is 9.57. The molecule has 0 saturated carbocycles. The van der Waals surface area contributed by atoms with E-state index < -0.39 is 21.6 Å². The van der Waals surface area contributed by atoms with Gasteiger partial charge in [-0.15, -0.1) is 0 Å². The van der Waals surface area contributed by atoms with E-state index in [0.29, 0.717) is 6.20 Å². The van der Waals surface area contributed by atoms with Gasteiger partial charge in [-0.25, -0.2) is 23.4 Å². The third kappa shape index (κ3) is 3.32. The Morgan fingerprint density at radius 2 is 1.93 bits per heavy atom. The third-order valence-corrected chi connectivity index (χ3v) is 5.98. The zero-order chi connectivity index (χ0) is 20.1. The fourth-order valence-corrected chi connectivity index (χ4v) is 3.74. The monoisotopic (exact) mass is 419 g/mol. The van der Waals surface area contributed by atoms with E-state index in [-0.39, 0.29) is 44.2 Å². The summed E-state index contributed by atoms with van der Waals surface area (Å²) in [6, 6.07) is 1.99. The molecule has 27 heavy (non-hydrogen) atoms. The van der Waals surface area contributed by atoms with Gasteiger partial charge in [0.05, 0.1) is 21.2 Å². The van der Waals surface area contributed by atoms with Gasteiger partial charge in [0.25, 0.3) is 0 Å². The number of alkyl halides is 3. The van der Waals surface area contributed by atoms with Crippen LogP contribution in [0.2, 0.25) is 5.02 Å². The molecule has 144 valence electrons. The molecule has 0 spiro atoms. The van der Waals surface area contributed by atoms with Crippen LogP contribution in [-0.4, -0.2) is 33.7 Å². The normalized spacial score (nSPS) is 12.7. The van der Waals surface area contributed by atoms with Gasteiger partial charge in [-0.1, -0.05) is 18.5 Å². The number of nitrogen functional groups attached to an aromatic ring is 1. The molecule has 3 aromatic rings. The van der Waals surface area contributed by atoms with Crippen LogP contribution >= 0.6 is 11.6 Å². The second-order valence-corrected chi connectivity index (χ2v) is 8.32. The van der Waals surface area contributed by atoms with Gasteiger partial charge in [0.1, 0.15) is 17.0 Å². The molecule has 0 radical (unpaired) electrons. The highest BCUT2D eigenvalue weighted by Crippen LogP contribution is 2.34. The number of aromatic nitrogens is 4. The Hall–Kier alpha value is -2.40. The van der Waals surface area contributed by atoms with Gasteiger partial charge in [0, 0.05) is 13.2 Å². The summed E-state index contributed by atoms with van der Waals surface area (Å²) in [6.07, 6.45) is -3.90. The summed E-state index contributed by atoms with van der Waals surface area (Å²) in [4.78, 5) is 11.7. The maximum absolute atomic E-state index is 12.9. The molecular formula is C15H13ClF3N5O2S. The van der Waals surface area contributed by atoms with Crippen molar-refractivity contribution in [2.75, 3.05) is 11.5 Å². The lowest BCUT2D eigenvalue weighted by atomic mass is 10.2. The molecule has 0 aromatic carbocycles. The fraction of sp³-hybridized carbons (Fsp3) is 0.267. The summed E-state index contributed by atoms with van der Waals surface area (Å²) in [5.74, 6) is -0.354. The second kappa shape index (κ2) is 6.34. The number of anilines is 1. The minimum Gasteiger partial charge on any atom is -0.382 e. The molecule has 0 saturated heterocycles. The molecule has 12 heteroatoms. The van der Waals surface area contributed by atoms with Gasteiger partial charge in [-0.3, -0.25) is 0 Å². The molecule has 0 fully saturated rings. The number of imidazole rings is 1. The lowest BCUT2D eigenvalue weighted by molar-refractivity contribution is -0.137. The van der Waals surface area contributed by atoms with E-state index in [0.717, 1.165) is 12.1 Å². The Labute approximate surface area is 156 Å². The molecule has 7 nitrogen and oxygen atoms in total. The smallest absolute Gasteiger partial charge is 0.382 e. The first-order chi connectivity index (χ1) is 12.5. The van der Waals surface area contributed by atoms with E-state index >= 15 is 0 Å². The van der Waals surface area contributed by atoms with Crippen molar-refractivity contribution in [3.63, 3.8) is 0 Å². The number of pyridine rings is 2. The van der Waals surface area contributed by atoms with E-state index in [1.54, 1.807) is 0 Å². The third-order valence-electron chi connectivity index (χ3n) is 3.93. The maximum atomic E-state index is 12.9. The molecule has 0 atom stereocenters. The highest BCUT2D eigenvalue weighted by atomic mass is 35.5. The van der Waals surface area contributed by atoms with Gasteiger partial charge >= 0.3 is 6.18 Å². The summed E-state index contributed by atoms with van der Waals surface area (Å²) in [5.41, 5.74) is 4.70. The molecular weight excluding hydrogens is 407 g/mol. The largest absolute Gasteiger partial charge is 0.417 e. The van der Waals surface area contributed by atoms with Crippen molar-refractivity contribution >= 4 is 38.4 Å². The van der Waals surface area contributed by atoms with Crippen molar-refractivity contribution in [3.8, 4) is 11.5 Å². The molecule has 0 aliphatic carbocycles. The van der Waals surface area contributed by atoms with Gasteiger partial charge in [0.15, 0.2) is 21.3 Å². The summed E-state index contributed by atoms with van der Waals surface area (Å²) in [6.45, 7) is 1.44. The van der Waals surface area contributed by atoms with Crippen LogP contribution in [0.4, 0.5) is 19.0 Å². The Morgan fingerprint density at radius 1 is 1.26 bits per heavy atom. The molecule has 0 bridgehead atoms. The van der Waals surface area contributed by atoms with Crippen molar-refractivity contribution in [2.24, 2.45) is 7.05 Å². The van der Waals surface area contributed by atoms with E-state index in [1.807, 2.05) is 0 Å². The SMILES string of the molecule is CCS(=O)(=O)c1cc(Cl)c(N)nc1-c1nc2cc(C(F)(F)F)cnc2n1C. The molecule has 0 amide bonds. The first kappa shape index (κ1) is 19.4.